The minimum atomic E-state index is -2.53. The molecule has 0 spiro atoms. The largest absolute Gasteiger partial charge is 0.381 e. The Balaban J connectivity index is 2.51. The highest BCUT2D eigenvalue weighted by molar-refractivity contribution is 9.09. The molecule has 0 saturated carbocycles. The van der Waals surface area contributed by atoms with Gasteiger partial charge in [0.25, 0.3) is 5.92 Å². The molecule has 0 aromatic heterocycles. The van der Waals surface area contributed by atoms with Gasteiger partial charge in [-0.1, -0.05) is 15.9 Å². The predicted octanol–water partition coefficient (Wildman–Crippen LogP) is 2.05. The Morgan fingerprint density at radius 1 is 1.60 bits per heavy atom. The van der Waals surface area contributed by atoms with Crippen molar-refractivity contribution in [3.05, 3.63) is 0 Å². The van der Waals surface area contributed by atoms with Crippen LogP contribution in [0, 0.1) is 5.92 Å². The Morgan fingerprint density at radius 3 is 2.70 bits per heavy atom. The van der Waals surface area contributed by atoms with Crippen LogP contribution in [0.3, 0.4) is 0 Å². The molecule has 1 atom stereocenters. The van der Waals surface area contributed by atoms with Crippen molar-refractivity contribution in [3.8, 4) is 0 Å². The molecule has 1 nitrogen and oxygen atoms in total. The van der Waals surface area contributed by atoms with Gasteiger partial charge in [0, 0.05) is 11.8 Å². The van der Waals surface area contributed by atoms with E-state index in [-0.39, 0.29) is 19.6 Å². The summed E-state index contributed by atoms with van der Waals surface area (Å²) in [4.78, 5) is 0. The van der Waals surface area contributed by atoms with Gasteiger partial charge in [-0.2, -0.15) is 0 Å². The summed E-state index contributed by atoms with van der Waals surface area (Å²) in [5.74, 6) is -3.16. The topological polar surface area (TPSA) is 9.23 Å². The van der Waals surface area contributed by atoms with Crippen molar-refractivity contribution >= 4 is 15.9 Å². The van der Waals surface area contributed by atoms with Crippen molar-refractivity contribution in [3.63, 3.8) is 0 Å². The van der Waals surface area contributed by atoms with E-state index in [1.807, 2.05) is 0 Å². The first-order valence-corrected chi connectivity index (χ1v) is 4.30. The number of alkyl halides is 3. The molecule has 1 fully saturated rings. The van der Waals surface area contributed by atoms with E-state index in [0.29, 0.717) is 5.33 Å². The molecular weight excluding hydrogens is 206 g/mol. The van der Waals surface area contributed by atoms with Gasteiger partial charge in [0.05, 0.1) is 19.1 Å². The van der Waals surface area contributed by atoms with Gasteiger partial charge in [-0.3, -0.25) is 0 Å². The second-order valence-corrected chi connectivity index (χ2v) is 3.08. The lowest BCUT2D eigenvalue weighted by Gasteiger charge is -2.29. The van der Waals surface area contributed by atoms with Crippen molar-refractivity contribution in [2.75, 3.05) is 18.5 Å². The van der Waals surface area contributed by atoms with Crippen LogP contribution in [0.5, 0.6) is 0 Å². The Hall–Kier alpha value is 0.300. The van der Waals surface area contributed by atoms with Crippen LogP contribution in [0.25, 0.3) is 0 Å². The number of hydrogen-bond donors (Lipinski definition) is 0. The van der Waals surface area contributed by atoms with Crippen LogP contribution >= 0.6 is 15.9 Å². The summed E-state index contributed by atoms with van der Waals surface area (Å²) in [6.45, 7) is 0.370. The smallest absolute Gasteiger partial charge is 0.256 e. The summed E-state index contributed by atoms with van der Waals surface area (Å²) in [6.07, 6.45) is -0.136. The molecule has 0 N–H and O–H groups in total. The van der Waals surface area contributed by atoms with Crippen molar-refractivity contribution in [2.45, 2.75) is 12.3 Å². The maximum absolute atomic E-state index is 12.8. The molecule has 0 aromatic rings. The average molecular weight is 215 g/mol. The van der Waals surface area contributed by atoms with E-state index in [1.165, 1.54) is 0 Å². The molecule has 0 aromatic carbocycles. The van der Waals surface area contributed by atoms with Crippen molar-refractivity contribution in [1.82, 2.24) is 0 Å². The first kappa shape index (κ1) is 8.40. The molecule has 4 heteroatoms. The third kappa shape index (κ3) is 1.66. The molecule has 1 unspecified atom stereocenters. The highest BCUT2D eigenvalue weighted by Crippen LogP contribution is 2.33. The monoisotopic (exact) mass is 214 g/mol. The Morgan fingerprint density at radius 2 is 2.30 bits per heavy atom. The summed E-state index contributed by atoms with van der Waals surface area (Å²) in [5.41, 5.74) is 0. The Kier molecular flexibility index (Phi) is 2.63. The van der Waals surface area contributed by atoms with Crippen LogP contribution in [0.15, 0.2) is 0 Å². The van der Waals surface area contributed by atoms with Gasteiger partial charge in [0.2, 0.25) is 0 Å². The van der Waals surface area contributed by atoms with Gasteiger partial charge in [0.15, 0.2) is 0 Å². The van der Waals surface area contributed by atoms with Gasteiger partial charge < -0.3 is 4.74 Å². The number of ether oxygens (including phenoxy) is 1. The maximum Gasteiger partial charge on any atom is 0.256 e. The van der Waals surface area contributed by atoms with Crippen LogP contribution < -0.4 is 0 Å². The number of halogens is 3. The van der Waals surface area contributed by atoms with Crippen LogP contribution in [-0.2, 0) is 4.74 Å². The van der Waals surface area contributed by atoms with Crippen molar-refractivity contribution in [1.29, 1.82) is 0 Å². The fourth-order valence-corrected chi connectivity index (χ4v) is 1.58. The van der Waals surface area contributed by atoms with Crippen molar-refractivity contribution < 1.29 is 13.5 Å². The molecule has 0 bridgehead atoms. The molecule has 1 aliphatic heterocycles. The molecule has 1 aliphatic rings. The van der Waals surface area contributed by atoms with Gasteiger partial charge in [-0.05, 0) is 0 Å². The molecule has 1 heterocycles. The second kappa shape index (κ2) is 3.13. The fraction of sp³-hybridized carbons (Fsp3) is 1.00. The van der Waals surface area contributed by atoms with Gasteiger partial charge in [0.1, 0.15) is 0 Å². The van der Waals surface area contributed by atoms with Gasteiger partial charge >= 0.3 is 0 Å². The highest BCUT2D eigenvalue weighted by atomic mass is 79.9. The Bertz CT molecular complexity index is 118. The summed E-state index contributed by atoms with van der Waals surface area (Å²) >= 11 is 3.03. The Labute approximate surface area is 66.9 Å². The van der Waals surface area contributed by atoms with Crippen LogP contribution in [0.4, 0.5) is 8.78 Å². The molecule has 0 aliphatic carbocycles. The first-order valence-electron chi connectivity index (χ1n) is 3.18. The SMILES string of the molecule is FC1(F)CCOCC1CBr. The van der Waals surface area contributed by atoms with E-state index in [9.17, 15) is 8.78 Å². The van der Waals surface area contributed by atoms with E-state index < -0.39 is 11.8 Å². The van der Waals surface area contributed by atoms with E-state index in [4.69, 9.17) is 4.74 Å². The van der Waals surface area contributed by atoms with Crippen LogP contribution in [-0.4, -0.2) is 24.5 Å². The van der Waals surface area contributed by atoms with Gasteiger partial charge in [-0.15, -0.1) is 0 Å². The molecule has 10 heavy (non-hydrogen) atoms. The summed E-state index contributed by atoms with van der Waals surface area (Å²) in [7, 11) is 0. The van der Waals surface area contributed by atoms with Gasteiger partial charge in [-0.25, -0.2) is 8.78 Å². The zero-order chi connectivity index (χ0) is 7.61. The maximum atomic E-state index is 12.8. The van der Waals surface area contributed by atoms with E-state index in [0.717, 1.165) is 0 Å². The molecular formula is C6H9BrF2O. The highest BCUT2D eigenvalue weighted by Gasteiger charge is 2.41. The molecule has 1 rings (SSSR count). The van der Waals surface area contributed by atoms with Crippen LogP contribution in [0.1, 0.15) is 6.42 Å². The minimum absolute atomic E-state index is 0.136. The lowest BCUT2D eigenvalue weighted by atomic mass is 10.00. The lowest BCUT2D eigenvalue weighted by molar-refractivity contribution is -0.132. The third-order valence-electron chi connectivity index (χ3n) is 1.68. The summed E-state index contributed by atoms with van der Waals surface area (Å²) in [6, 6.07) is 0. The second-order valence-electron chi connectivity index (χ2n) is 2.44. The zero-order valence-corrected chi connectivity index (χ0v) is 7.03. The van der Waals surface area contributed by atoms with Crippen LogP contribution in [0.2, 0.25) is 0 Å². The normalized spacial score (nSPS) is 32.1. The van der Waals surface area contributed by atoms with E-state index in [1.54, 1.807) is 0 Å². The third-order valence-corrected chi connectivity index (χ3v) is 2.46. The lowest BCUT2D eigenvalue weighted by Crippen LogP contribution is -2.38. The quantitative estimate of drug-likeness (QED) is 0.608. The molecule has 0 radical (unpaired) electrons. The number of rotatable bonds is 1. The zero-order valence-electron chi connectivity index (χ0n) is 5.45. The van der Waals surface area contributed by atoms with E-state index in [2.05, 4.69) is 15.9 Å². The molecule has 0 amide bonds. The van der Waals surface area contributed by atoms with Crippen molar-refractivity contribution in [2.24, 2.45) is 5.92 Å². The molecule has 60 valence electrons. The van der Waals surface area contributed by atoms with E-state index >= 15 is 0 Å². The average Bonchev–Trinajstić information content (AvgIpc) is 1.87. The minimum Gasteiger partial charge on any atom is -0.381 e. The first-order chi connectivity index (χ1) is 4.67. The summed E-state index contributed by atoms with van der Waals surface area (Å²) < 4.78 is 30.4. The molecule has 1 saturated heterocycles. The fourth-order valence-electron chi connectivity index (χ4n) is 0.917. The number of hydrogen-bond acceptors (Lipinski definition) is 1. The summed E-state index contributed by atoms with van der Waals surface area (Å²) in [5, 5.41) is 0.319. The predicted molar refractivity (Wildman–Crippen MR) is 37.7 cm³/mol. The standard InChI is InChI=1S/C6H9BrF2O/c7-3-5-4-10-2-1-6(5,8)9/h5H,1-4H2.